The molecule has 3 aromatic rings. The minimum absolute atomic E-state index is 0.0737. The Bertz CT molecular complexity index is 1080. The molecule has 1 fully saturated rings. The molecule has 0 radical (unpaired) electrons. The predicted molar refractivity (Wildman–Crippen MR) is 126 cm³/mol. The highest BCUT2D eigenvalue weighted by molar-refractivity contribution is 7.09. The van der Waals surface area contributed by atoms with Gasteiger partial charge in [0.15, 0.2) is 0 Å². The van der Waals surface area contributed by atoms with Crippen molar-refractivity contribution in [2.24, 2.45) is 5.73 Å². The molecule has 1 atom stereocenters. The zero-order valence-electron chi connectivity index (χ0n) is 18.7. The number of carbonyl (C=O) groups is 1. The van der Waals surface area contributed by atoms with Crippen LogP contribution in [-0.2, 0) is 16.4 Å². The summed E-state index contributed by atoms with van der Waals surface area (Å²) in [5.74, 6) is 0.0597. The van der Waals surface area contributed by atoms with Crippen LogP contribution in [0.2, 0.25) is 0 Å². The van der Waals surface area contributed by atoms with Crippen molar-refractivity contribution in [1.29, 1.82) is 0 Å². The third kappa shape index (κ3) is 6.97. The van der Waals surface area contributed by atoms with Crippen molar-refractivity contribution >= 4 is 28.9 Å². The molecule has 0 aliphatic carbocycles. The Morgan fingerprint density at radius 2 is 2.03 bits per heavy atom. The van der Waals surface area contributed by atoms with Crippen molar-refractivity contribution in [3.8, 4) is 0 Å². The number of hydrogen-bond acceptors (Lipinski definition) is 7. The van der Waals surface area contributed by atoms with Gasteiger partial charge in [0.2, 0.25) is 11.9 Å². The molecular weight excluding hydrogens is 465 g/mol. The molecule has 1 saturated heterocycles. The van der Waals surface area contributed by atoms with E-state index >= 15 is 0 Å². The maximum Gasteiger partial charge on any atom is 0.433 e. The fraction of sp³-hybridized carbons (Fsp3) is 0.391. The largest absolute Gasteiger partial charge is 0.433 e. The smallest absolute Gasteiger partial charge is 0.356 e. The number of aryl methyl sites for hydroxylation is 1. The van der Waals surface area contributed by atoms with Gasteiger partial charge in [-0.15, -0.1) is 11.3 Å². The summed E-state index contributed by atoms with van der Waals surface area (Å²) in [5.41, 5.74) is 6.53. The second-order valence-corrected chi connectivity index (χ2v) is 8.93. The molecule has 1 aromatic carbocycles. The molecule has 34 heavy (non-hydrogen) atoms. The number of carbonyl (C=O) groups excluding carboxylic acids is 1. The summed E-state index contributed by atoms with van der Waals surface area (Å²) in [6.45, 7) is 3.22. The van der Waals surface area contributed by atoms with Gasteiger partial charge in [0.25, 0.3) is 0 Å². The van der Waals surface area contributed by atoms with E-state index in [1.807, 2.05) is 24.6 Å². The van der Waals surface area contributed by atoms with Crippen molar-refractivity contribution in [2.45, 2.75) is 44.2 Å². The summed E-state index contributed by atoms with van der Waals surface area (Å²) >= 11 is 1.65. The van der Waals surface area contributed by atoms with Crippen LogP contribution in [-0.4, -0.2) is 33.9 Å². The number of nitrogens with two attached hydrogens (primary N) is 1. The summed E-state index contributed by atoms with van der Waals surface area (Å²) in [7, 11) is 0. The second kappa shape index (κ2) is 11.4. The van der Waals surface area contributed by atoms with E-state index in [0.717, 1.165) is 48.6 Å². The van der Waals surface area contributed by atoms with Gasteiger partial charge in [0.1, 0.15) is 5.69 Å². The number of thiazole rings is 1. The summed E-state index contributed by atoms with van der Waals surface area (Å²) < 4.78 is 37.4. The first-order valence-corrected chi connectivity index (χ1v) is 11.7. The lowest BCUT2D eigenvalue weighted by atomic mass is 9.78. The van der Waals surface area contributed by atoms with Crippen molar-refractivity contribution in [2.75, 3.05) is 18.4 Å². The Labute approximate surface area is 200 Å². The number of halogens is 3. The molecule has 4 rings (SSSR count). The minimum Gasteiger partial charge on any atom is -0.356 e. The first-order chi connectivity index (χ1) is 16.2. The zero-order valence-corrected chi connectivity index (χ0v) is 19.5. The van der Waals surface area contributed by atoms with Crippen LogP contribution in [0.4, 0.5) is 24.8 Å². The zero-order chi connectivity index (χ0) is 24.6. The number of hydrogen-bond donors (Lipinski definition) is 3. The van der Waals surface area contributed by atoms with Crippen molar-refractivity contribution in [1.82, 2.24) is 20.3 Å². The lowest BCUT2D eigenvalue weighted by Crippen LogP contribution is -2.40. The van der Waals surface area contributed by atoms with Gasteiger partial charge in [-0.25, -0.2) is 15.0 Å². The number of nitrogens with one attached hydrogen (secondary N) is 2. The quantitative estimate of drug-likeness (QED) is 0.492. The summed E-state index contributed by atoms with van der Waals surface area (Å²) in [6.07, 6.45) is 1.77. The van der Waals surface area contributed by atoms with Gasteiger partial charge in [-0.1, -0.05) is 12.1 Å². The Balaban J connectivity index is 0.000000192. The van der Waals surface area contributed by atoms with Gasteiger partial charge < -0.3 is 16.4 Å². The van der Waals surface area contributed by atoms with Gasteiger partial charge >= 0.3 is 6.18 Å². The van der Waals surface area contributed by atoms with Crippen LogP contribution in [0.25, 0.3) is 0 Å². The molecule has 11 heteroatoms. The van der Waals surface area contributed by atoms with Gasteiger partial charge in [-0.05, 0) is 49.9 Å². The van der Waals surface area contributed by atoms with Gasteiger partial charge in [-0.3, -0.25) is 4.79 Å². The third-order valence-electron chi connectivity index (χ3n) is 5.48. The van der Waals surface area contributed by atoms with E-state index in [9.17, 15) is 18.0 Å². The lowest BCUT2D eigenvalue weighted by molar-refractivity contribution is -0.141. The highest BCUT2D eigenvalue weighted by atomic mass is 32.1. The highest BCUT2D eigenvalue weighted by Crippen LogP contribution is 2.35. The van der Waals surface area contributed by atoms with Crippen molar-refractivity contribution in [3.05, 3.63) is 64.4 Å². The van der Waals surface area contributed by atoms with Crippen LogP contribution >= 0.6 is 11.3 Å². The van der Waals surface area contributed by atoms with E-state index in [4.69, 9.17) is 5.73 Å². The highest BCUT2D eigenvalue weighted by Gasteiger charge is 2.34. The normalized spacial score (nSPS) is 18.7. The molecule has 4 N–H and O–H groups in total. The monoisotopic (exact) mass is 492 g/mol. The molecule has 1 aliphatic rings. The number of anilines is 2. The molecule has 7 nitrogen and oxygen atoms in total. The first kappa shape index (κ1) is 25.6. The molecule has 3 heterocycles. The topological polar surface area (TPSA) is 106 Å². The number of amides is 1. The van der Waals surface area contributed by atoms with Crippen LogP contribution in [0.3, 0.4) is 0 Å². The summed E-state index contributed by atoms with van der Waals surface area (Å²) in [5, 5.41) is 8.70. The van der Waals surface area contributed by atoms with Crippen LogP contribution in [0.1, 0.15) is 41.9 Å². The molecule has 1 aliphatic heterocycles. The van der Waals surface area contributed by atoms with E-state index in [1.54, 1.807) is 29.5 Å². The number of rotatable bonds is 4. The van der Waals surface area contributed by atoms with E-state index in [2.05, 4.69) is 25.6 Å². The SMILES string of the molecule is Cc1cccc(Nc2nccc(C(F)(F)F)n2)c1.NCC1(c2nccs2)CCCNC(=O)CC1. The number of aromatic nitrogens is 3. The van der Waals surface area contributed by atoms with Crippen LogP contribution in [0, 0.1) is 6.92 Å². The van der Waals surface area contributed by atoms with Gasteiger partial charge in [-0.2, -0.15) is 13.2 Å². The van der Waals surface area contributed by atoms with Gasteiger partial charge in [0, 0.05) is 48.4 Å². The summed E-state index contributed by atoms with van der Waals surface area (Å²) in [4.78, 5) is 23.0. The van der Waals surface area contributed by atoms with Gasteiger partial charge in [0.05, 0.1) is 5.01 Å². The second-order valence-electron chi connectivity index (χ2n) is 8.03. The Morgan fingerprint density at radius 1 is 1.21 bits per heavy atom. The minimum atomic E-state index is -4.47. The molecule has 2 aromatic heterocycles. The van der Waals surface area contributed by atoms with E-state index in [1.165, 1.54) is 0 Å². The number of nitrogens with zero attached hydrogens (tertiary/aromatic N) is 3. The first-order valence-electron chi connectivity index (χ1n) is 10.8. The maximum absolute atomic E-state index is 12.5. The molecule has 1 amide bonds. The Hall–Kier alpha value is -3.05. The average Bonchev–Trinajstić information content (AvgIpc) is 3.33. The van der Waals surface area contributed by atoms with Crippen molar-refractivity contribution in [3.63, 3.8) is 0 Å². The average molecular weight is 493 g/mol. The molecule has 182 valence electrons. The standard InChI is InChI=1S/C12H10F3N3.C11H17N3OS/c1-8-3-2-4-9(7-8)17-11-16-6-5-10(18-11)12(13,14)15;12-8-11(10-14-6-7-16-10)3-1-5-13-9(15)2-4-11/h2-7H,1H3,(H,16,17,18);6-7H,1-5,8,12H2,(H,13,15). The number of alkyl halides is 3. The Morgan fingerprint density at radius 3 is 2.71 bits per heavy atom. The van der Waals surface area contributed by atoms with Crippen LogP contribution < -0.4 is 16.4 Å². The Kier molecular flexibility index (Phi) is 8.56. The fourth-order valence-corrected chi connectivity index (χ4v) is 4.55. The predicted octanol–water partition coefficient (Wildman–Crippen LogP) is 4.58. The van der Waals surface area contributed by atoms with E-state index in [-0.39, 0.29) is 17.3 Å². The van der Waals surface area contributed by atoms with E-state index in [0.29, 0.717) is 18.7 Å². The summed E-state index contributed by atoms with van der Waals surface area (Å²) in [6, 6.07) is 8.05. The fourth-order valence-electron chi connectivity index (χ4n) is 3.64. The number of benzene rings is 1. The molecule has 0 saturated carbocycles. The molecular formula is C23H27F3N6OS. The van der Waals surface area contributed by atoms with Crippen LogP contribution in [0.5, 0.6) is 0 Å². The lowest BCUT2D eigenvalue weighted by Gasteiger charge is -2.32. The molecule has 0 bridgehead atoms. The van der Waals surface area contributed by atoms with E-state index < -0.39 is 11.9 Å². The maximum atomic E-state index is 12.5. The third-order valence-corrected chi connectivity index (χ3v) is 6.50. The van der Waals surface area contributed by atoms with Crippen molar-refractivity contribution < 1.29 is 18.0 Å². The molecule has 0 spiro atoms. The van der Waals surface area contributed by atoms with Crippen LogP contribution in [0.15, 0.2) is 48.1 Å². The molecule has 1 unspecified atom stereocenters.